The Labute approximate surface area is 168 Å². The standard InChI is InChI=1S/C26H34O2/c1-25(24(27)28)11-15-10-20(25)22-14-8-18(21(15)22)19(9-14)26-16-4-2-12(6-16)23(26)13-3-5-17(26)7-13/h9,12-18,20-23H,2-8,10-11H2,1H3,(H,27,28). The first-order chi connectivity index (χ1) is 13.5. The lowest BCUT2D eigenvalue weighted by molar-refractivity contribution is -0.153. The molecule has 0 aliphatic heterocycles. The molecule has 0 amide bonds. The van der Waals surface area contributed by atoms with Crippen LogP contribution in [0, 0.1) is 75.9 Å². The average molecular weight is 379 g/mol. The molecule has 2 heteroatoms. The molecule has 8 aliphatic carbocycles. The van der Waals surface area contributed by atoms with Crippen LogP contribution in [0.3, 0.4) is 0 Å². The van der Waals surface area contributed by atoms with Gasteiger partial charge in [0, 0.05) is 5.41 Å². The molecule has 0 aromatic heterocycles. The lowest BCUT2D eigenvalue weighted by Gasteiger charge is -2.53. The second-order valence-corrected chi connectivity index (χ2v) is 12.8. The molecular formula is C26H34O2. The number of hydrogen-bond donors (Lipinski definition) is 1. The zero-order valence-corrected chi connectivity index (χ0v) is 17.1. The lowest BCUT2D eigenvalue weighted by Crippen LogP contribution is -2.47. The summed E-state index contributed by atoms with van der Waals surface area (Å²) in [5.74, 6) is 9.02. The van der Waals surface area contributed by atoms with Gasteiger partial charge in [-0.2, -0.15) is 0 Å². The lowest BCUT2D eigenvalue weighted by atomic mass is 9.51. The number of rotatable bonds is 2. The second-order valence-electron chi connectivity index (χ2n) is 12.8. The molecule has 7 fully saturated rings. The monoisotopic (exact) mass is 378 g/mol. The maximum absolute atomic E-state index is 12.1. The summed E-state index contributed by atoms with van der Waals surface area (Å²) < 4.78 is 0. The predicted molar refractivity (Wildman–Crippen MR) is 106 cm³/mol. The molecule has 1 N–H and O–H groups in total. The molecule has 0 saturated heterocycles. The van der Waals surface area contributed by atoms with Gasteiger partial charge >= 0.3 is 5.97 Å². The molecule has 0 aromatic carbocycles. The highest BCUT2D eigenvalue weighted by Gasteiger charge is 2.74. The molecule has 11 atom stereocenters. The molecule has 0 heterocycles. The normalized spacial score (nSPS) is 66.6. The molecule has 11 unspecified atom stereocenters. The van der Waals surface area contributed by atoms with Crippen LogP contribution in [0.5, 0.6) is 0 Å². The van der Waals surface area contributed by atoms with Crippen LogP contribution >= 0.6 is 0 Å². The van der Waals surface area contributed by atoms with Crippen LogP contribution in [0.15, 0.2) is 11.6 Å². The van der Waals surface area contributed by atoms with E-state index >= 15 is 0 Å². The maximum atomic E-state index is 12.1. The molecule has 2 nitrogen and oxygen atoms in total. The SMILES string of the molecule is CC1(C(=O)O)CC2CC1C1C3C=C(C45C6CCC(C6)C4C4CCC5C4)C(C3)C21. The first kappa shape index (κ1) is 16.0. The number of carbonyl (C=O) groups is 1. The minimum absolute atomic E-state index is 0.427. The van der Waals surface area contributed by atoms with E-state index in [4.69, 9.17) is 0 Å². The van der Waals surface area contributed by atoms with Crippen LogP contribution in [-0.2, 0) is 4.79 Å². The summed E-state index contributed by atoms with van der Waals surface area (Å²) in [5.41, 5.74) is 2.20. The van der Waals surface area contributed by atoms with Crippen LogP contribution in [0.2, 0.25) is 0 Å². The largest absolute Gasteiger partial charge is 0.481 e. The van der Waals surface area contributed by atoms with Crippen molar-refractivity contribution in [2.45, 2.75) is 64.7 Å². The van der Waals surface area contributed by atoms with Gasteiger partial charge in [-0.05, 0) is 130 Å². The van der Waals surface area contributed by atoms with E-state index in [1.807, 2.05) is 5.57 Å². The molecule has 7 saturated carbocycles. The molecule has 0 radical (unpaired) electrons. The van der Waals surface area contributed by atoms with Crippen LogP contribution in [0.25, 0.3) is 0 Å². The van der Waals surface area contributed by atoms with Crippen molar-refractivity contribution in [2.75, 3.05) is 0 Å². The van der Waals surface area contributed by atoms with Gasteiger partial charge in [0.15, 0.2) is 0 Å². The summed E-state index contributed by atoms with van der Waals surface area (Å²) in [6, 6.07) is 0. The van der Waals surface area contributed by atoms with E-state index < -0.39 is 11.4 Å². The Morgan fingerprint density at radius 3 is 2.36 bits per heavy atom. The average Bonchev–Trinajstić information content (AvgIpc) is 3.51. The third kappa shape index (κ3) is 1.41. The van der Waals surface area contributed by atoms with Crippen molar-refractivity contribution < 1.29 is 9.90 Å². The zero-order chi connectivity index (χ0) is 18.6. The highest BCUT2D eigenvalue weighted by atomic mass is 16.4. The summed E-state index contributed by atoms with van der Waals surface area (Å²) >= 11 is 0. The molecule has 0 aromatic rings. The number of aliphatic carboxylic acids is 1. The van der Waals surface area contributed by atoms with E-state index in [9.17, 15) is 9.90 Å². The van der Waals surface area contributed by atoms with E-state index in [1.165, 1.54) is 38.5 Å². The number of allylic oxidation sites excluding steroid dienone is 2. The Morgan fingerprint density at radius 2 is 1.68 bits per heavy atom. The molecule has 150 valence electrons. The van der Waals surface area contributed by atoms with E-state index in [2.05, 4.69) is 13.0 Å². The van der Waals surface area contributed by atoms with E-state index in [1.54, 1.807) is 12.8 Å². The summed E-state index contributed by atoms with van der Waals surface area (Å²) in [5, 5.41) is 9.96. The maximum Gasteiger partial charge on any atom is 0.309 e. The Hall–Kier alpha value is -0.790. The fourth-order valence-electron chi connectivity index (χ4n) is 12.4. The number of fused-ring (bicyclic) bond motifs is 18. The van der Waals surface area contributed by atoms with Gasteiger partial charge < -0.3 is 5.11 Å². The van der Waals surface area contributed by atoms with Gasteiger partial charge in [0.1, 0.15) is 0 Å². The van der Waals surface area contributed by atoms with Crippen LogP contribution in [0.4, 0.5) is 0 Å². The second kappa shape index (κ2) is 4.59. The van der Waals surface area contributed by atoms with Crippen LogP contribution < -0.4 is 0 Å². The van der Waals surface area contributed by atoms with Crippen molar-refractivity contribution in [3.63, 3.8) is 0 Å². The van der Waals surface area contributed by atoms with Crippen molar-refractivity contribution in [3.05, 3.63) is 11.6 Å². The highest BCUT2D eigenvalue weighted by Crippen LogP contribution is 2.81. The Morgan fingerprint density at radius 1 is 0.964 bits per heavy atom. The van der Waals surface area contributed by atoms with E-state index in [0.29, 0.717) is 23.2 Å². The number of carboxylic acids is 1. The third-order valence-corrected chi connectivity index (χ3v) is 12.6. The summed E-state index contributed by atoms with van der Waals surface area (Å²) in [6.07, 6.45) is 15.7. The molecule has 0 spiro atoms. The van der Waals surface area contributed by atoms with Crippen LogP contribution in [0.1, 0.15) is 64.7 Å². The van der Waals surface area contributed by atoms with E-state index in [0.717, 1.165) is 53.8 Å². The van der Waals surface area contributed by atoms with Crippen molar-refractivity contribution in [1.29, 1.82) is 0 Å². The minimum Gasteiger partial charge on any atom is -0.481 e. The minimum atomic E-state index is -0.509. The van der Waals surface area contributed by atoms with Crippen molar-refractivity contribution >= 4 is 5.97 Å². The highest BCUT2D eigenvalue weighted by molar-refractivity contribution is 5.75. The smallest absolute Gasteiger partial charge is 0.309 e. The Bertz CT molecular complexity index is 804. The molecule has 28 heavy (non-hydrogen) atoms. The Balaban J connectivity index is 1.23. The van der Waals surface area contributed by atoms with Crippen molar-refractivity contribution in [3.8, 4) is 0 Å². The van der Waals surface area contributed by atoms with Crippen molar-refractivity contribution in [1.82, 2.24) is 0 Å². The Kier molecular flexibility index (Phi) is 2.62. The quantitative estimate of drug-likeness (QED) is 0.517. The zero-order valence-electron chi connectivity index (χ0n) is 17.1. The van der Waals surface area contributed by atoms with Gasteiger partial charge in [-0.1, -0.05) is 11.6 Å². The summed E-state index contributed by atoms with van der Waals surface area (Å²) in [6.45, 7) is 2.08. The number of hydrogen-bond acceptors (Lipinski definition) is 1. The third-order valence-electron chi connectivity index (χ3n) is 12.6. The topological polar surface area (TPSA) is 37.3 Å². The van der Waals surface area contributed by atoms with Gasteiger partial charge in [0.25, 0.3) is 0 Å². The summed E-state index contributed by atoms with van der Waals surface area (Å²) in [4.78, 5) is 12.1. The first-order valence-electron chi connectivity index (χ1n) is 12.5. The van der Waals surface area contributed by atoms with Gasteiger partial charge in [-0.25, -0.2) is 0 Å². The van der Waals surface area contributed by atoms with Crippen LogP contribution in [-0.4, -0.2) is 11.1 Å². The van der Waals surface area contributed by atoms with Gasteiger partial charge in [0.05, 0.1) is 5.41 Å². The molecular weight excluding hydrogens is 344 g/mol. The van der Waals surface area contributed by atoms with Gasteiger partial charge in [0.2, 0.25) is 0 Å². The summed E-state index contributed by atoms with van der Waals surface area (Å²) in [7, 11) is 0. The molecule has 8 aliphatic rings. The first-order valence-corrected chi connectivity index (χ1v) is 12.5. The van der Waals surface area contributed by atoms with E-state index in [-0.39, 0.29) is 0 Å². The molecule has 8 bridgehead atoms. The fraction of sp³-hybridized carbons (Fsp3) is 0.885. The van der Waals surface area contributed by atoms with Gasteiger partial charge in [-0.15, -0.1) is 0 Å². The predicted octanol–water partition coefficient (Wildman–Crippen LogP) is 5.39. The van der Waals surface area contributed by atoms with Gasteiger partial charge in [-0.3, -0.25) is 4.79 Å². The fourth-order valence-corrected chi connectivity index (χ4v) is 12.4. The molecule has 8 rings (SSSR count). The van der Waals surface area contributed by atoms with Crippen molar-refractivity contribution in [2.24, 2.45) is 75.9 Å². The number of carboxylic acid groups (broad SMARTS) is 1.